The molecule has 2 aliphatic carbocycles. The van der Waals surface area contributed by atoms with Crippen molar-refractivity contribution in [1.29, 1.82) is 5.26 Å². The molecule has 5 rings (SSSR count). The third-order valence-electron chi connectivity index (χ3n) is 7.58. The van der Waals surface area contributed by atoms with Crippen LogP contribution in [0, 0.1) is 24.2 Å². The van der Waals surface area contributed by atoms with Crippen LogP contribution in [0.25, 0.3) is 11.6 Å². The molecule has 2 aliphatic rings. The van der Waals surface area contributed by atoms with Gasteiger partial charge in [-0.3, -0.25) is 9.59 Å². The number of allylic oxidation sites excluding steroid dienone is 2. The second kappa shape index (κ2) is 11.7. The normalized spacial score (nSPS) is 17.0. The summed E-state index contributed by atoms with van der Waals surface area (Å²) in [6.45, 7) is 8.00. The van der Waals surface area contributed by atoms with E-state index in [0.717, 1.165) is 53.1 Å². The SMILES string of the molecule is CC/C(C)=c1/sc(NC(=O)C2CC2)n/c1=C/C=C(\C)Oc1cc(NC(=O)c2cccc(C3(C#N)CC3)c2)ccc1C. The van der Waals surface area contributed by atoms with E-state index in [1.54, 1.807) is 12.1 Å². The summed E-state index contributed by atoms with van der Waals surface area (Å²) in [5, 5.41) is 16.9. The number of hydrogen-bond donors (Lipinski definition) is 2. The van der Waals surface area contributed by atoms with Gasteiger partial charge in [0.1, 0.15) is 11.5 Å². The molecule has 0 aliphatic heterocycles. The van der Waals surface area contributed by atoms with Crippen LogP contribution in [0.2, 0.25) is 0 Å². The topological polar surface area (TPSA) is 104 Å². The summed E-state index contributed by atoms with van der Waals surface area (Å²) in [4.78, 5) is 29.9. The van der Waals surface area contributed by atoms with E-state index in [1.807, 2.05) is 56.3 Å². The van der Waals surface area contributed by atoms with E-state index in [9.17, 15) is 14.9 Å². The summed E-state index contributed by atoms with van der Waals surface area (Å²) in [6.07, 6.45) is 8.22. The third-order valence-corrected chi connectivity index (χ3v) is 8.73. The molecule has 0 bridgehead atoms. The van der Waals surface area contributed by atoms with Crippen molar-refractivity contribution in [2.45, 2.75) is 65.2 Å². The molecule has 0 unspecified atom stereocenters. The third kappa shape index (κ3) is 6.58. The fourth-order valence-electron chi connectivity index (χ4n) is 4.46. The molecule has 2 amide bonds. The molecule has 7 nitrogen and oxygen atoms in total. The molecule has 2 N–H and O–H groups in total. The van der Waals surface area contributed by atoms with Crippen LogP contribution in [0.5, 0.6) is 5.75 Å². The molecule has 0 atom stereocenters. The second-order valence-corrected chi connectivity index (χ2v) is 11.9. The minimum Gasteiger partial charge on any atom is -0.462 e. The molecule has 3 aromatic rings. The molecule has 0 radical (unpaired) electrons. The Labute approximate surface area is 244 Å². The Morgan fingerprint density at radius 2 is 1.95 bits per heavy atom. The van der Waals surface area contributed by atoms with E-state index in [1.165, 1.54) is 16.9 Å². The summed E-state index contributed by atoms with van der Waals surface area (Å²) < 4.78 is 7.21. The predicted octanol–water partition coefficient (Wildman–Crippen LogP) is 5.95. The number of nitriles is 1. The summed E-state index contributed by atoms with van der Waals surface area (Å²) in [5.74, 6) is 1.22. The smallest absolute Gasteiger partial charge is 0.255 e. The summed E-state index contributed by atoms with van der Waals surface area (Å²) in [7, 11) is 0. The fraction of sp³-hybridized carbons (Fsp3) is 0.333. The number of thiazole rings is 1. The number of aromatic nitrogens is 1. The number of carbonyl (C=O) groups excluding carboxylic acids is 2. The van der Waals surface area contributed by atoms with Crippen molar-refractivity contribution in [1.82, 2.24) is 4.98 Å². The van der Waals surface area contributed by atoms with Gasteiger partial charge in [-0.15, -0.1) is 0 Å². The molecule has 2 fully saturated rings. The maximum absolute atomic E-state index is 13.0. The molecule has 0 saturated heterocycles. The van der Waals surface area contributed by atoms with Gasteiger partial charge in [-0.25, -0.2) is 4.98 Å². The highest BCUT2D eigenvalue weighted by Gasteiger charge is 2.45. The highest BCUT2D eigenvalue weighted by atomic mass is 32.1. The molecule has 2 aromatic carbocycles. The van der Waals surface area contributed by atoms with Crippen LogP contribution in [0.4, 0.5) is 10.8 Å². The van der Waals surface area contributed by atoms with Crippen LogP contribution >= 0.6 is 11.3 Å². The van der Waals surface area contributed by atoms with Gasteiger partial charge in [-0.2, -0.15) is 5.26 Å². The molecular formula is C33H34N4O3S. The molecular weight excluding hydrogens is 532 g/mol. The van der Waals surface area contributed by atoms with E-state index >= 15 is 0 Å². The Kier molecular flexibility index (Phi) is 8.09. The number of nitrogens with zero attached hydrogens (tertiary/aromatic N) is 2. The molecule has 8 heteroatoms. The highest BCUT2D eigenvalue weighted by molar-refractivity contribution is 7.13. The number of amides is 2. The first-order chi connectivity index (χ1) is 19.7. The predicted molar refractivity (Wildman–Crippen MR) is 163 cm³/mol. The zero-order valence-corrected chi connectivity index (χ0v) is 24.7. The van der Waals surface area contributed by atoms with E-state index < -0.39 is 5.41 Å². The number of carbonyl (C=O) groups is 2. The van der Waals surface area contributed by atoms with Gasteiger partial charge in [0.15, 0.2) is 5.13 Å². The number of rotatable bonds is 9. The number of anilines is 2. The van der Waals surface area contributed by atoms with Crippen LogP contribution in [-0.4, -0.2) is 16.8 Å². The number of benzene rings is 2. The first kappa shape index (κ1) is 28.3. The minimum absolute atomic E-state index is 0.0465. The van der Waals surface area contributed by atoms with Gasteiger partial charge >= 0.3 is 0 Å². The molecule has 210 valence electrons. The van der Waals surface area contributed by atoms with Gasteiger partial charge in [0.25, 0.3) is 5.91 Å². The first-order valence-electron chi connectivity index (χ1n) is 14.0. The van der Waals surface area contributed by atoms with Crippen molar-refractivity contribution in [3.05, 3.63) is 80.9 Å². The Morgan fingerprint density at radius 3 is 2.63 bits per heavy atom. The van der Waals surface area contributed by atoms with Crippen molar-refractivity contribution in [2.24, 2.45) is 5.92 Å². The van der Waals surface area contributed by atoms with Gasteiger partial charge in [-0.05, 0) is 94.4 Å². The summed E-state index contributed by atoms with van der Waals surface area (Å²) >= 11 is 1.50. The van der Waals surface area contributed by atoms with Crippen LogP contribution in [0.1, 0.15) is 74.4 Å². The first-order valence-corrected chi connectivity index (χ1v) is 14.8. The van der Waals surface area contributed by atoms with Crippen molar-refractivity contribution in [3.63, 3.8) is 0 Å². The molecule has 1 heterocycles. The zero-order valence-electron chi connectivity index (χ0n) is 23.8. The lowest BCUT2D eigenvalue weighted by molar-refractivity contribution is -0.117. The van der Waals surface area contributed by atoms with E-state index in [-0.39, 0.29) is 17.7 Å². The Hall–Kier alpha value is -4.22. The Morgan fingerprint density at radius 1 is 1.17 bits per heavy atom. The minimum atomic E-state index is -0.444. The van der Waals surface area contributed by atoms with E-state index in [2.05, 4.69) is 35.5 Å². The standard InChI is InChI=1S/C33H34N4O3S/c1-5-20(2)29-27(36-32(41-29)37-30(38)23-11-12-23)14-10-22(4)40-28-18-26(13-9-21(28)3)35-31(39)24-7-6-8-25(17-24)33(19-34)15-16-33/h6-10,13-14,17-18,23H,5,11-12,15-16H2,1-4H3,(H,35,39)(H,36,37,38)/b22-10+,27-14+,29-20+. The fourth-order valence-corrected chi connectivity index (χ4v) is 5.49. The quantitative estimate of drug-likeness (QED) is 0.312. The van der Waals surface area contributed by atoms with E-state index in [4.69, 9.17) is 4.74 Å². The zero-order chi connectivity index (χ0) is 29.1. The van der Waals surface area contributed by atoms with Crippen molar-refractivity contribution < 1.29 is 14.3 Å². The van der Waals surface area contributed by atoms with Crippen molar-refractivity contribution >= 4 is 45.6 Å². The van der Waals surface area contributed by atoms with Gasteiger partial charge in [-0.1, -0.05) is 42.0 Å². The average molecular weight is 567 g/mol. The van der Waals surface area contributed by atoms with Gasteiger partial charge in [0.2, 0.25) is 5.91 Å². The van der Waals surface area contributed by atoms with Crippen molar-refractivity contribution in [3.8, 4) is 11.8 Å². The maximum Gasteiger partial charge on any atom is 0.255 e. The molecule has 1 aromatic heterocycles. The monoisotopic (exact) mass is 566 g/mol. The maximum atomic E-state index is 13.0. The van der Waals surface area contributed by atoms with E-state index in [0.29, 0.717) is 27.9 Å². The van der Waals surface area contributed by atoms with Crippen LogP contribution in [-0.2, 0) is 10.2 Å². The van der Waals surface area contributed by atoms with Crippen LogP contribution in [0.3, 0.4) is 0 Å². The summed E-state index contributed by atoms with van der Waals surface area (Å²) in [5.41, 5.74) is 3.72. The van der Waals surface area contributed by atoms with Crippen LogP contribution < -0.4 is 25.3 Å². The number of hydrogen-bond acceptors (Lipinski definition) is 6. The van der Waals surface area contributed by atoms with Crippen molar-refractivity contribution in [2.75, 3.05) is 10.6 Å². The lowest BCUT2D eigenvalue weighted by Crippen LogP contribution is -2.22. The van der Waals surface area contributed by atoms with Gasteiger partial charge < -0.3 is 15.4 Å². The number of nitrogens with one attached hydrogen (secondary N) is 2. The average Bonchev–Trinajstić information content (AvgIpc) is 3.91. The summed E-state index contributed by atoms with van der Waals surface area (Å²) in [6, 6.07) is 15.2. The van der Waals surface area contributed by atoms with Crippen LogP contribution in [0.15, 0.2) is 54.3 Å². The number of ether oxygens (including phenoxy) is 1. The lowest BCUT2D eigenvalue weighted by Gasteiger charge is -2.13. The highest BCUT2D eigenvalue weighted by Crippen LogP contribution is 2.47. The van der Waals surface area contributed by atoms with Gasteiger partial charge in [0.05, 0.1) is 21.4 Å². The molecule has 41 heavy (non-hydrogen) atoms. The Balaban J connectivity index is 1.32. The molecule has 0 spiro atoms. The lowest BCUT2D eigenvalue weighted by atomic mass is 9.96. The molecule has 2 saturated carbocycles. The van der Waals surface area contributed by atoms with Gasteiger partial charge in [0, 0.05) is 23.2 Å². The number of aryl methyl sites for hydroxylation is 1. The second-order valence-electron chi connectivity index (χ2n) is 10.9. The Bertz CT molecular complexity index is 1700. The largest absolute Gasteiger partial charge is 0.462 e.